The summed E-state index contributed by atoms with van der Waals surface area (Å²) in [5.41, 5.74) is 8.59. The Morgan fingerprint density at radius 1 is 0.735 bits per heavy atom. The summed E-state index contributed by atoms with van der Waals surface area (Å²) in [6.07, 6.45) is 7.77. The molecule has 34 heavy (non-hydrogen) atoms. The summed E-state index contributed by atoms with van der Waals surface area (Å²) >= 11 is 0. The molecule has 3 aliphatic rings. The van der Waals surface area contributed by atoms with Gasteiger partial charge in [0.05, 0.1) is 23.6 Å². The van der Waals surface area contributed by atoms with E-state index in [-0.39, 0.29) is 0 Å². The van der Waals surface area contributed by atoms with E-state index in [9.17, 15) is 0 Å². The van der Waals surface area contributed by atoms with E-state index < -0.39 is 0 Å². The number of nitrogens with zero attached hydrogens (tertiary/aromatic N) is 2. The van der Waals surface area contributed by atoms with Crippen LogP contribution in [0.15, 0.2) is 65.8 Å². The third-order valence-corrected chi connectivity index (χ3v) is 7.65. The van der Waals surface area contributed by atoms with Crippen LogP contribution in [0.25, 0.3) is 33.2 Å². The summed E-state index contributed by atoms with van der Waals surface area (Å²) in [6, 6.07) is 21.0. The van der Waals surface area contributed by atoms with Gasteiger partial charge in [0.1, 0.15) is 5.82 Å². The Labute approximate surface area is 199 Å². The largest absolute Gasteiger partial charge is 0.341 e. The van der Waals surface area contributed by atoms with E-state index in [0.717, 1.165) is 43.1 Å². The lowest BCUT2D eigenvalue weighted by Gasteiger charge is -2.09. The van der Waals surface area contributed by atoms with E-state index >= 15 is 0 Å². The van der Waals surface area contributed by atoms with Crippen LogP contribution < -0.4 is 10.6 Å². The zero-order valence-corrected chi connectivity index (χ0v) is 19.3. The third-order valence-electron chi connectivity index (χ3n) is 7.65. The number of aromatic nitrogens is 2. The molecule has 0 saturated carbocycles. The molecule has 0 spiro atoms. The normalized spacial score (nSPS) is 21.8. The highest BCUT2D eigenvalue weighted by atomic mass is 15.0. The van der Waals surface area contributed by atoms with Gasteiger partial charge in [0.25, 0.3) is 0 Å². The Kier molecular flexibility index (Phi) is 4.85. The van der Waals surface area contributed by atoms with Gasteiger partial charge in [0.2, 0.25) is 0 Å². The zero-order chi connectivity index (χ0) is 22.5. The second-order valence-electron chi connectivity index (χ2n) is 9.88. The van der Waals surface area contributed by atoms with Crippen LogP contribution in [0.2, 0.25) is 0 Å². The van der Waals surface area contributed by atoms with Crippen molar-refractivity contribution >= 4 is 22.2 Å². The van der Waals surface area contributed by atoms with E-state index in [4.69, 9.17) is 4.99 Å². The van der Waals surface area contributed by atoms with Gasteiger partial charge in [-0.25, -0.2) is 4.98 Å². The van der Waals surface area contributed by atoms with Crippen molar-refractivity contribution in [1.82, 2.24) is 20.6 Å². The van der Waals surface area contributed by atoms with Crippen LogP contribution in [-0.4, -0.2) is 34.8 Å². The van der Waals surface area contributed by atoms with E-state index in [0.29, 0.717) is 12.1 Å². The maximum atomic E-state index is 4.93. The lowest BCUT2D eigenvalue weighted by Crippen LogP contribution is -2.30. The fourth-order valence-electron chi connectivity index (χ4n) is 5.75. The topological polar surface area (TPSA) is 65.1 Å². The lowest BCUT2D eigenvalue weighted by molar-refractivity contribution is 0.613. The fraction of sp³-hybridized carbons (Fsp3) is 0.310. The number of H-pyrrole nitrogens is 1. The van der Waals surface area contributed by atoms with Crippen LogP contribution in [0.4, 0.5) is 5.69 Å². The summed E-state index contributed by atoms with van der Waals surface area (Å²) in [5, 5.41) is 9.61. The van der Waals surface area contributed by atoms with Gasteiger partial charge in [0, 0.05) is 23.7 Å². The molecule has 3 N–H and O–H groups in total. The Morgan fingerprint density at radius 2 is 1.44 bits per heavy atom. The number of nitrogens with one attached hydrogen (secondary N) is 3. The molecule has 5 nitrogen and oxygen atoms in total. The second-order valence-corrected chi connectivity index (χ2v) is 9.88. The van der Waals surface area contributed by atoms with E-state index in [1.165, 1.54) is 58.0 Å². The first kappa shape index (κ1) is 20.1. The number of hydrogen-bond donors (Lipinski definition) is 3. The minimum Gasteiger partial charge on any atom is -0.341 e. The number of fused-ring (bicyclic) bond motifs is 2. The maximum absolute atomic E-state index is 4.93. The first-order chi connectivity index (χ1) is 16.8. The van der Waals surface area contributed by atoms with E-state index in [1.54, 1.807) is 0 Å². The summed E-state index contributed by atoms with van der Waals surface area (Å²) in [6.45, 7) is 2.19. The van der Waals surface area contributed by atoms with Gasteiger partial charge < -0.3 is 15.6 Å². The molecule has 0 aliphatic carbocycles. The van der Waals surface area contributed by atoms with Crippen molar-refractivity contribution in [2.45, 2.75) is 44.2 Å². The molecule has 0 amide bonds. The van der Waals surface area contributed by atoms with Gasteiger partial charge >= 0.3 is 0 Å². The fourth-order valence-corrected chi connectivity index (χ4v) is 5.75. The first-order valence-corrected chi connectivity index (χ1v) is 12.6. The molecule has 2 saturated heterocycles. The number of benzene rings is 3. The Hall–Kier alpha value is -3.28. The van der Waals surface area contributed by atoms with Crippen LogP contribution in [0, 0.1) is 0 Å². The number of aromatic amines is 1. The molecule has 4 aromatic rings. The highest BCUT2D eigenvalue weighted by Crippen LogP contribution is 2.34. The van der Waals surface area contributed by atoms with E-state index in [2.05, 4.69) is 75.2 Å². The van der Waals surface area contributed by atoms with Gasteiger partial charge in [-0.05, 0) is 90.5 Å². The van der Waals surface area contributed by atoms with Crippen LogP contribution >= 0.6 is 0 Å². The van der Waals surface area contributed by atoms with Gasteiger partial charge in [-0.1, -0.05) is 30.3 Å². The lowest BCUT2D eigenvalue weighted by atomic mass is 9.96. The van der Waals surface area contributed by atoms with Gasteiger partial charge in [-0.3, -0.25) is 4.99 Å². The second kappa shape index (κ2) is 8.19. The van der Waals surface area contributed by atoms with E-state index in [1.807, 2.05) is 6.20 Å². The third kappa shape index (κ3) is 3.56. The van der Waals surface area contributed by atoms with Crippen LogP contribution in [0.5, 0.6) is 0 Å². The molecule has 0 bridgehead atoms. The quantitative estimate of drug-likeness (QED) is 0.376. The molecule has 1 aromatic heterocycles. The molecular weight excluding hydrogens is 418 g/mol. The number of imidazole rings is 1. The SMILES string of the molecule is c1cc2c(cc1-c1ccc3cc(-c4cnc([C@@H]5CCCN5)[nH]4)ccc3c1)CC([C@@H]1CCCN1)=N2. The molecule has 3 aliphatic heterocycles. The molecule has 3 aromatic carbocycles. The van der Waals surface area contributed by atoms with Crippen molar-refractivity contribution < 1.29 is 0 Å². The molecule has 170 valence electrons. The van der Waals surface area contributed by atoms with Crippen molar-refractivity contribution in [3.63, 3.8) is 0 Å². The maximum Gasteiger partial charge on any atom is 0.123 e. The van der Waals surface area contributed by atoms with Crippen molar-refractivity contribution in [1.29, 1.82) is 0 Å². The number of aliphatic imine (C=N–C) groups is 1. The van der Waals surface area contributed by atoms with Gasteiger partial charge in [-0.15, -0.1) is 0 Å². The molecule has 0 radical (unpaired) electrons. The molecular formula is C29H29N5. The van der Waals surface area contributed by atoms with Crippen LogP contribution in [0.3, 0.4) is 0 Å². The molecule has 2 atom stereocenters. The summed E-state index contributed by atoms with van der Waals surface area (Å²) in [5.74, 6) is 1.05. The van der Waals surface area contributed by atoms with Crippen LogP contribution in [0.1, 0.15) is 43.1 Å². The molecule has 5 heteroatoms. The highest BCUT2D eigenvalue weighted by molar-refractivity contribution is 5.98. The van der Waals surface area contributed by atoms with Crippen molar-refractivity contribution in [3.8, 4) is 22.4 Å². The Balaban J connectivity index is 1.14. The minimum absolute atomic E-state index is 0.361. The Bertz CT molecular complexity index is 1400. The minimum atomic E-state index is 0.361. The smallest absolute Gasteiger partial charge is 0.123 e. The van der Waals surface area contributed by atoms with Gasteiger partial charge in [0.15, 0.2) is 0 Å². The Morgan fingerprint density at radius 3 is 2.24 bits per heavy atom. The monoisotopic (exact) mass is 447 g/mol. The average molecular weight is 448 g/mol. The predicted octanol–water partition coefficient (Wildman–Crippen LogP) is 5.70. The van der Waals surface area contributed by atoms with Crippen LogP contribution in [-0.2, 0) is 6.42 Å². The standard InChI is InChI=1S/C29H29N5/c1-3-25(30-11-1)27-16-23-15-21(9-10-24(23)33-27)18-5-6-20-14-22(8-7-19(20)13-18)28-17-32-29(34-28)26-4-2-12-31-26/h5-10,13-15,17,25-26,30-31H,1-4,11-12,16H2,(H,32,34)/t25-,26-/m0/s1. The number of rotatable bonds is 4. The molecule has 4 heterocycles. The molecule has 0 unspecified atom stereocenters. The predicted molar refractivity (Wildman–Crippen MR) is 139 cm³/mol. The summed E-state index contributed by atoms with van der Waals surface area (Å²) in [7, 11) is 0. The summed E-state index contributed by atoms with van der Waals surface area (Å²) in [4.78, 5) is 13.1. The zero-order valence-electron chi connectivity index (χ0n) is 19.3. The molecule has 2 fully saturated rings. The molecule has 7 rings (SSSR count). The summed E-state index contributed by atoms with van der Waals surface area (Å²) < 4.78 is 0. The van der Waals surface area contributed by atoms with Crippen molar-refractivity contribution in [2.75, 3.05) is 13.1 Å². The average Bonchev–Trinajstić information content (AvgIpc) is 3.69. The van der Waals surface area contributed by atoms with Crippen molar-refractivity contribution in [3.05, 3.63) is 72.2 Å². The van der Waals surface area contributed by atoms with Gasteiger partial charge in [-0.2, -0.15) is 0 Å². The van der Waals surface area contributed by atoms with Crippen molar-refractivity contribution in [2.24, 2.45) is 4.99 Å². The highest BCUT2D eigenvalue weighted by Gasteiger charge is 2.25. The number of hydrogen-bond acceptors (Lipinski definition) is 4. The first-order valence-electron chi connectivity index (χ1n) is 12.6.